The molecule has 5 N–H and O–H groups in total. The summed E-state index contributed by atoms with van der Waals surface area (Å²) in [7, 11) is 3.47. The summed E-state index contributed by atoms with van der Waals surface area (Å²) in [6, 6.07) is 0. The number of allylic oxidation sites excluding steroid dienone is 1. The minimum atomic E-state index is -0.421. The fraction of sp³-hybridized carbons (Fsp3) is 0.700. The number of carbonyl (C=O) groups excluding carboxylic acids is 1. The number of hydrogen-bond acceptors (Lipinski definition) is 4. The molecular weight excluding hydrogens is 192 g/mol. The summed E-state index contributed by atoms with van der Waals surface area (Å²) in [4.78, 5) is 11.6. The van der Waals surface area contributed by atoms with Crippen molar-refractivity contribution >= 4 is 5.91 Å². The van der Waals surface area contributed by atoms with Gasteiger partial charge in [-0.3, -0.25) is 10.2 Å². The first-order chi connectivity index (χ1) is 6.94. The molecule has 88 valence electrons. The lowest BCUT2D eigenvalue weighted by Gasteiger charge is -2.23. The molecule has 0 bridgehead atoms. The number of rotatable bonds is 6. The van der Waals surface area contributed by atoms with Crippen molar-refractivity contribution in [3.63, 3.8) is 0 Å². The minimum Gasteiger partial charge on any atom is -0.401 e. The zero-order valence-electron chi connectivity index (χ0n) is 9.98. The molecule has 0 radical (unpaired) electrons. The summed E-state index contributed by atoms with van der Waals surface area (Å²) in [5.41, 5.74) is 11.3. The molecule has 0 atom stereocenters. The fourth-order valence-corrected chi connectivity index (χ4v) is 1.11. The Morgan fingerprint density at radius 1 is 1.40 bits per heavy atom. The summed E-state index contributed by atoms with van der Waals surface area (Å²) in [6.45, 7) is 3.79. The van der Waals surface area contributed by atoms with Gasteiger partial charge in [0, 0.05) is 31.4 Å². The Hall–Kier alpha value is -1.23. The molecular formula is C10H22N4O. The van der Waals surface area contributed by atoms with Crippen LogP contribution in [0.5, 0.6) is 0 Å². The van der Waals surface area contributed by atoms with E-state index in [1.54, 1.807) is 20.3 Å². The second kappa shape index (κ2) is 6.29. The first kappa shape index (κ1) is 13.8. The number of hydrogen-bond donors (Lipinski definition) is 4. The van der Waals surface area contributed by atoms with Gasteiger partial charge in [0.25, 0.3) is 0 Å². The maximum atomic E-state index is 11.6. The van der Waals surface area contributed by atoms with Crippen molar-refractivity contribution < 1.29 is 4.79 Å². The van der Waals surface area contributed by atoms with Gasteiger partial charge in [-0.2, -0.15) is 0 Å². The lowest BCUT2D eigenvalue weighted by atomic mass is 9.86. The van der Waals surface area contributed by atoms with Crippen molar-refractivity contribution in [2.75, 3.05) is 14.1 Å². The van der Waals surface area contributed by atoms with Crippen LogP contribution in [0, 0.1) is 5.41 Å². The quantitative estimate of drug-likeness (QED) is 0.472. The summed E-state index contributed by atoms with van der Waals surface area (Å²) in [5.74, 6) is -0.0257. The van der Waals surface area contributed by atoms with Crippen molar-refractivity contribution in [2.24, 2.45) is 11.1 Å². The average Bonchev–Trinajstić information content (AvgIpc) is 2.16. The number of amides is 1. The Labute approximate surface area is 91.5 Å². The highest BCUT2D eigenvalue weighted by Crippen LogP contribution is 2.23. The molecule has 0 saturated carbocycles. The molecule has 0 aliphatic carbocycles. The van der Waals surface area contributed by atoms with E-state index in [1.165, 1.54) is 0 Å². The predicted octanol–water partition coefficient (Wildman–Crippen LogP) is 0.0629. The van der Waals surface area contributed by atoms with Gasteiger partial charge in [-0.25, -0.2) is 5.43 Å². The lowest BCUT2D eigenvalue weighted by Crippen LogP contribution is -2.43. The van der Waals surface area contributed by atoms with Crippen LogP contribution >= 0.6 is 0 Å². The summed E-state index contributed by atoms with van der Waals surface area (Å²) in [6.07, 6.45) is 3.15. The molecule has 0 saturated heterocycles. The third-order valence-electron chi connectivity index (χ3n) is 2.22. The third kappa shape index (κ3) is 5.27. The zero-order chi connectivity index (χ0) is 11.9. The van der Waals surface area contributed by atoms with E-state index in [-0.39, 0.29) is 5.91 Å². The van der Waals surface area contributed by atoms with E-state index in [1.807, 2.05) is 13.8 Å². The van der Waals surface area contributed by atoms with Crippen molar-refractivity contribution in [3.8, 4) is 0 Å². The van der Waals surface area contributed by atoms with Gasteiger partial charge in [0.2, 0.25) is 5.91 Å². The molecule has 5 nitrogen and oxygen atoms in total. The van der Waals surface area contributed by atoms with Crippen LogP contribution in [-0.2, 0) is 4.79 Å². The van der Waals surface area contributed by atoms with Crippen LogP contribution in [0.3, 0.4) is 0 Å². The van der Waals surface area contributed by atoms with Crippen LogP contribution in [0.1, 0.15) is 26.7 Å². The molecule has 5 heteroatoms. The first-order valence-corrected chi connectivity index (χ1v) is 5.03. The highest BCUT2D eigenvalue weighted by atomic mass is 16.2. The van der Waals surface area contributed by atoms with Gasteiger partial charge >= 0.3 is 0 Å². The molecule has 0 aliphatic rings. The van der Waals surface area contributed by atoms with Gasteiger partial charge in [0.1, 0.15) is 0 Å². The van der Waals surface area contributed by atoms with Crippen LogP contribution in [0.15, 0.2) is 11.9 Å². The van der Waals surface area contributed by atoms with E-state index < -0.39 is 5.41 Å². The van der Waals surface area contributed by atoms with Gasteiger partial charge in [0.05, 0.1) is 0 Å². The number of nitrogens with one attached hydrogen (secondary N) is 3. The molecule has 0 unspecified atom stereocenters. The number of carbonyl (C=O) groups is 1. The second-order valence-corrected chi connectivity index (χ2v) is 4.10. The van der Waals surface area contributed by atoms with Crippen LogP contribution in [0.2, 0.25) is 0 Å². The van der Waals surface area contributed by atoms with Crippen LogP contribution in [0.25, 0.3) is 0 Å². The van der Waals surface area contributed by atoms with Gasteiger partial charge in [-0.15, -0.1) is 0 Å². The molecule has 0 aromatic carbocycles. The topological polar surface area (TPSA) is 79.2 Å². The van der Waals surface area contributed by atoms with Gasteiger partial charge in [-0.1, -0.05) is 13.8 Å². The monoisotopic (exact) mass is 214 g/mol. The maximum Gasteiger partial charge on any atom is 0.239 e. The fourth-order valence-electron chi connectivity index (χ4n) is 1.11. The second-order valence-electron chi connectivity index (χ2n) is 4.10. The molecule has 0 heterocycles. The summed E-state index contributed by atoms with van der Waals surface area (Å²) < 4.78 is 0. The van der Waals surface area contributed by atoms with E-state index in [4.69, 9.17) is 5.73 Å². The van der Waals surface area contributed by atoms with Crippen molar-refractivity contribution in [3.05, 3.63) is 11.9 Å². The molecule has 1 amide bonds. The van der Waals surface area contributed by atoms with Crippen molar-refractivity contribution in [2.45, 2.75) is 26.7 Å². The van der Waals surface area contributed by atoms with E-state index >= 15 is 0 Å². The van der Waals surface area contributed by atoms with E-state index in [2.05, 4.69) is 16.2 Å². The lowest BCUT2D eigenvalue weighted by molar-refractivity contribution is -0.130. The molecule has 0 aromatic rings. The van der Waals surface area contributed by atoms with Crippen LogP contribution in [0.4, 0.5) is 0 Å². The Bertz CT molecular complexity index is 236. The molecule has 0 aliphatic heterocycles. The standard InChI is InChI=1S/C10H22N4O/c1-10(2,9(15)14-13-4)6-5-8(11)7-12-3/h7,12-13H,5-6,11H2,1-4H3,(H,14,15)/b8-7+. The largest absolute Gasteiger partial charge is 0.401 e. The molecule has 0 rings (SSSR count). The molecule has 0 aromatic heterocycles. The number of hydrazine groups is 1. The predicted molar refractivity (Wildman–Crippen MR) is 61.5 cm³/mol. The van der Waals surface area contributed by atoms with E-state index in [0.717, 1.165) is 5.70 Å². The highest BCUT2D eigenvalue weighted by Gasteiger charge is 2.26. The minimum absolute atomic E-state index is 0.0257. The average molecular weight is 214 g/mol. The Kier molecular flexibility index (Phi) is 5.77. The molecule has 15 heavy (non-hydrogen) atoms. The normalized spacial score (nSPS) is 12.4. The highest BCUT2D eigenvalue weighted by molar-refractivity contribution is 5.81. The molecule has 0 fully saturated rings. The number of nitrogens with two attached hydrogens (primary N) is 1. The van der Waals surface area contributed by atoms with Crippen molar-refractivity contribution in [1.29, 1.82) is 0 Å². The van der Waals surface area contributed by atoms with Gasteiger partial charge in [0.15, 0.2) is 0 Å². The van der Waals surface area contributed by atoms with Gasteiger partial charge < -0.3 is 11.1 Å². The first-order valence-electron chi connectivity index (χ1n) is 5.03. The van der Waals surface area contributed by atoms with E-state index in [9.17, 15) is 4.79 Å². The maximum absolute atomic E-state index is 11.6. The zero-order valence-corrected chi connectivity index (χ0v) is 9.98. The Balaban J connectivity index is 4.14. The van der Waals surface area contributed by atoms with Gasteiger partial charge in [-0.05, 0) is 12.8 Å². The van der Waals surface area contributed by atoms with Crippen LogP contribution in [-0.4, -0.2) is 20.0 Å². The Morgan fingerprint density at radius 2 is 2.00 bits per heavy atom. The van der Waals surface area contributed by atoms with Crippen LogP contribution < -0.4 is 21.9 Å². The third-order valence-corrected chi connectivity index (χ3v) is 2.22. The smallest absolute Gasteiger partial charge is 0.239 e. The molecule has 0 spiro atoms. The summed E-state index contributed by atoms with van der Waals surface area (Å²) in [5, 5.41) is 2.86. The van der Waals surface area contributed by atoms with Crippen molar-refractivity contribution in [1.82, 2.24) is 16.2 Å². The van der Waals surface area contributed by atoms with E-state index in [0.29, 0.717) is 12.8 Å². The SMILES string of the molecule is CN/C=C(/N)CCC(C)(C)C(=O)NNC. The summed E-state index contributed by atoms with van der Waals surface area (Å²) >= 11 is 0. The Morgan fingerprint density at radius 3 is 2.47 bits per heavy atom.